The molecule has 0 aliphatic carbocycles. The fourth-order valence-corrected chi connectivity index (χ4v) is 2.75. The quantitative estimate of drug-likeness (QED) is 0.162. The van der Waals surface area contributed by atoms with Gasteiger partial charge in [0.25, 0.3) is 0 Å². The summed E-state index contributed by atoms with van der Waals surface area (Å²) in [6.07, 6.45) is -1.09. The smallest absolute Gasteiger partial charge is 0.210 e. The Bertz CT molecular complexity index is 929. The molecule has 3 rings (SSSR count). The van der Waals surface area contributed by atoms with Crippen LogP contribution in [0.1, 0.15) is 54.5 Å². The lowest BCUT2D eigenvalue weighted by atomic mass is 10.0. The number of Topliss-reactive ketones (excluding diaryl/α,β-unsaturated/α-hetero) is 1. The fraction of sp³-hybridized carbons (Fsp3) is 0.259. The summed E-state index contributed by atoms with van der Waals surface area (Å²) in [4.78, 5) is 11.3. The minimum atomic E-state index is -0.545. The van der Waals surface area contributed by atoms with Crippen LogP contribution >= 0.6 is 0 Å². The third kappa shape index (κ3) is 10.1. The number of ketones is 1. The Labute approximate surface area is 201 Å². The van der Waals surface area contributed by atoms with E-state index in [0.717, 1.165) is 11.1 Å². The molecule has 0 saturated heterocycles. The number of benzene rings is 3. The lowest BCUT2D eigenvalue weighted by molar-refractivity contribution is 0.106. The van der Waals surface area contributed by atoms with Crippen molar-refractivity contribution in [2.75, 3.05) is 0 Å². The maximum atomic E-state index is 11.3. The van der Waals surface area contributed by atoms with E-state index in [1.165, 1.54) is 6.92 Å². The zero-order valence-corrected chi connectivity index (χ0v) is 19.8. The monoisotopic (exact) mass is 465 g/mol. The number of rotatable bonds is 6. The van der Waals surface area contributed by atoms with Crippen molar-refractivity contribution in [3.8, 4) is 0 Å². The summed E-state index contributed by atoms with van der Waals surface area (Å²) in [6, 6.07) is 27.1. The normalized spacial score (nSPS) is 14.3. The van der Waals surface area contributed by atoms with E-state index in [4.69, 9.17) is 16.7 Å². The largest absolute Gasteiger partial charge is 0.411 e. The van der Waals surface area contributed by atoms with Gasteiger partial charge in [-0.05, 0) is 31.9 Å². The SMILES string of the molecule is C/C(=N\O)C(=O)c1ccccc1.CC(N)C(O)c1ccccc1.C[C@H](N)[C@H](O)c1ccccc1. The minimum absolute atomic E-state index is 0.0983. The second-order valence-corrected chi connectivity index (χ2v) is 7.81. The Hall–Kier alpha value is -3.36. The van der Waals surface area contributed by atoms with Gasteiger partial charge in [-0.3, -0.25) is 4.79 Å². The molecule has 7 N–H and O–H groups in total. The van der Waals surface area contributed by atoms with Crippen molar-refractivity contribution in [1.82, 2.24) is 0 Å². The van der Waals surface area contributed by atoms with E-state index in [-0.39, 0.29) is 23.6 Å². The zero-order valence-electron chi connectivity index (χ0n) is 19.8. The lowest BCUT2D eigenvalue weighted by Gasteiger charge is -2.13. The average molecular weight is 466 g/mol. The van der Waals surface area contributed by atoms with Crippen LogP contribution in [0.3, 0.4) is 0 Å². The van der Waals surface area contributed by atoms with Crippen LogP contribution in [0.15, 0.2) is 96.2 Å². The Morgan fingerprint density at radius 1 is 0.706 bits per heavy atom. The Morgan fingerprint density at radius 3 is 1.32 bits per heavy atom. The van der Waals surface area contributed by atoms with Crippen LogP contribution in [-0.2, 0) is 0 Å². The van der Waals surface area contributed by atoms with Gasteiger partial charge in [-0.25, -0.2) is 0 Å². The molecule has 7 heteroatoms. The Kier molecular flexibility index (Phi) is 13.0. The van der Waals surface area contributed by atoms with Crippen molar-refractivity contribution in [2.45, 2.75) is 45.1 Å². The molecule has 0 bridgehead atoms. The molecule has 34 heavy (non-hydrogen) atoms. The number of oxime groups is 1. The topological polar surface area (TPSA) is 142 Å². The van der Waals surface area contributed by atoms with Gasteiger partial charge in [-0.2, -0.15) is 0 Å². The van der Waals surface area contributed by atoms with Gasteiger partial charge in [0.2, 0.25) is 5.78 Å². The minimum Gasteiger partial charge on any atom is -0.411 e. The predicted molar refractivity (Wildman–Crippen MR) is 136 cm³/mol. The molecular formula is C27H35N3O4. The molecule has 0 spiro atoms. The molecule has 3 aromatic carbocycles. The summed E-state index contributed by atoms with van der Waals surface area (Å²) in [5.74, 6) is -0.252. The second-order valence-electron chi connectivity index (χ2n) is 7.81. The van der Waals surface area contributed by atoms with Crippen molar-refractivity contribution in [3.05, 3.63) is 108 Å². The van der Waals surface area contributed by atoms with E-state index >= 15 is 0 Å². The van der Waals surface area contributed by atoms with E-state index in [0.29, 0.717) is 5.56 Å². The number of hydrogen-bond donors (Lipinski definition) is 5. The highest BCUT2D eigenvalue weighted by atomic mass is 16.4. The number of nitrogens with zero attached hydrogens (tertiary/aromatic N) is 1. The molecule has 0 aliphatic heterocycles. The molecule has 2 unspecified atom stereocenters. The van der Waals surface area contributed by atoms with Crippen molar-refractivity contribution in [2.24, 2.45) is 16.6 Å². The number of nitrogens with two attached hydrogens (primary N) is 2. The highest BCUT2D eigenvalue weighted by Gasteiger charge is 2.11. The first-order chi connectivity index (χ1) is 16.2. The van der Waals surface area contributed by atoms with Gasteiger partial charge < -0.3 is 26.9 Å². The maximum absolute atomic E-state index is 11.3. The number of carbonyl (C=O) groups excluding carboxylic acids is 1. The summed E-state index contributed by atoms with van der Waals surface area (Å²) < 4.78 is 0. The van der Waals surface area contributed by atoms with Crippen molar-refractivity contribution < 1.29 is 20.2 Å². The van der Waals surface area contributed by atoms with Crippen LogP contribution in [0, 0.1) is 0 Å². The first kappa shape index (κ1) is 28.7. The molecule has 0 radical (unpaired) electrons. The van der Waals surface area contributed by atoms with Crippen LogP contribution in [0.4, 0.5) is 0 Å². The molecule has 3 aromatic rings. The molecule has 0 heterocycles. The van der Waals surface area contributed by atoms with E-state index in [1.54, 1.807) is 38.1 Å². The van der Waals surface area contributed by atoms with Gasteiger partial charge in [0.15, 0.2) is 0 Å². The van der Waals surface area contributed by atoms with Gasteiger partial charge in [-0.1, -0.05) is 96.2 Å². The number of aliphatic hydroxyl groups is 2. The summed E-state index contributed by atoms with van der Waals surface area (Å²) in [5, 5.41) is 30.1. The standard InChI is InChI=1S/C9H9NO2.2C9H13NO/c1-7(10-12)9(11)8-5-3-2-4-6-8;2*1-7(10)9(11)8-5-3-2-4-6-8/h2-6,12H,1H3;2*2-7,9,11H,10H2,1H3/b10-7+;;/t;7-,9-;/m.0./s1. The Balaban J connectivity index is 0.000000255. The summed E-state index contributed by atoms with van der Waals surface area (Å²) in [5.41, 5.74) is 13.4. The van der Waals surface area contributed by atoms with Crippen molar-refractivity contribution >= 4 is 11.5 Å². The van der Waals surface area contributed by atoms with Gasteiger partial charge in [-0.15, -0.1) is 0 Å². The average Bonchev–Trinajstić information content (AvgIpc) is 2.89. The number of aliphatic hydroxyl groups excluding tert-OH is 2. The molecule has 0 aliphatic rings. The maximum Gasteiger partial charge on any atom is 0.210 e. The van der Waals surface area contributed by atoms with Crippen LogP contribution < -0.4 is 11.5 Å². The molecule has 0 fully saturated rings. The first-order valence-corrected chi connectivity index (χ1v) is 10.9. The zero-order chi connectivity index (χ0) is 25.5. The van der Waals surface area contributed by atoms with Crippen LogP contribution in [0.25, 0.3) is 0 Å². The van der Waals surface area contributed by atoms with Crippen LogP contribution in [0.2, 0.25) is 0 Å². The van der Waals surface area contributed by atoms with Gasteiger partial charge in [0, 0.05) is 17.6 Å². The fourth-order valence-electron chi connectivity index (χ4n) is 2.75. The third-order valence-corrected chi connectivity index (χ3v) is 4.79. The van der Waals surface area contributed by atoms with E-state index in [2.05, 4.69) is 5.16 Å². The highest BCUT2D eigenvalue weighted by molar-refractivity contribution is 6.45. The van der Waals surface area contributed by atoms with E-state index in [9.17, 15) is 15.0 Å². The lowest BCUT2D eigenvalue weighted by Crippen LogP contribution is -2.24. The predicted octanol–water partition coefficient (Wildman–Crippen LogP) is 3.85. The number of carbonyl (C=O) groups is 1. The molecular weight excluding hydrogens is 430 g/mol. The molecule has 182 valence electrons. The van der Waals surface area contributed by atoms with E-state index in [1.807, 2.05) is 66.7 Å². The third-order valence-electron chi connectivity index (χ3n) is 4.79. The van der Waals surface area contributed by atoms with Crippen molar-refractivity contribution in [3.63, 3.8) is 0 Å². The van der Waals surface area contributed by atoms with Crippen molar-refractivity contribution in [1.29, 1.82) is 0 Å². The summed E-state index contributed by atoms with van der Waals surface area (Å²) in [6.45, 7) is 5.05. The molecule has 4 atom stereocenters. The van der Waals surface area contributed by atoms with E-state index < -0.39 is 12.2 Å². The first-order valence-electron chi connectivity index (χ1n) is 10.9. The van der Waals surface area contributed by atoms with Crippen LogP contribution in [-0.4, -0.2) is 39.0 Å². The Morgan fingerprint density at radius 2 is 1.03 bits per heavy atom. The molecule has 7 nitrogen and oxygen atoms in total. The summed E-state index contributed by atoms with van der Waals surface area (Å²) in [7, 11) is 0. The number of hydrogen-bond acceptors (Lipinski definition) is 7. The highest BCUT2D eigenvalue weighted by Crippen LogP contribution is 2.14. The van der Waals surface area contributed by atoms with Gasteiger partial charge >= 0.3 is 0 Å². The molecule has 0 saturated carbocycles. The molecule has 0 aromatic heterocycles. The molecule has 0 amide bonds. The van der Waals surface area contributed by atoms with Gasteiger partial charge in [0.05, 0.1) is 12.2 Å². The second kappa shape index (κ2) is 15.5. The van der Waals surface area contributed by atoms with Gasteiger partial charge in [0.1, 0.15) is 5.71 Å². The van der Waals surface area contributed by atoms with Crippen LogP contribution in [0.5, 0.6) is 0 Å². The summed E-state index contributed by atoms with van der Waals surface area (Å²) >= 11 is 0.